The molecule has 3 aromatic rings. The number of nitrogens with zero attached hydrogens (tertiary/aromatic N) is 4. The quantitative estimate of drug-likeness (QED) is 0.466. The summed E-state index contributed by atoms with van der Waals surface area (Å²) in [6, 6.07) is 10.8. The summed E-state index contributed by atoms with van der Waals surface area (Å²) in [6.07, 6.45) is 3.89. The van der Waals surface area contributed by atoms with E-state index in [1.54, 1.807) is 35.4 Å². The molecule has 2 amide bonds. The predicted octanol–water partition coefficient (Wildman–Crippen LogP) is 4.01. The van der Waals surface area contributed by atoms with Gasteiger partial charge < -0.3 is 14.6 Å². The summed E-state index contributed by atoms with van der Waals surface area (Å²) < 4.78 is 7.53. The lowest BCUT2D eigenvalue weighted by atomic mass is 10.2. The molecule has 0 atom stereocenters. The van der Waals surface area contributed by atoms with E-state index >= 15 is 0 Å². The van der Waals surface area contributed by atoms with Gasteiger partial charge in [0.05, 0.1) is 18.6 Å². The van der Waals surface area contributed by atoms with Crippen LogP contribution in [-0.2, 0) is 11.3 Å². The average Bonchev–Trinajstić information content (AvgIpc) is 3.36. The van der Waals surface area contributed by atoms with Crippen LogP contribution in [0.4, 0.5) is 5.69 Å². The smallest absolute Gasteiger partial charge is 0.253 e. The Kier molecular flexibility index (Phi) is 6.94. The first-order valence-corrected chi connectivity index (χ1v) is 11.8. The second-order valence-corrected chi connectivity index (χ2v) is 8.61. The van der Waals surface area contributed by atoms with Crippen molar-refractivity contribution in [1.82, 2.24) is 19.7 Å². The highest BCUT2D eigenvalue weighted by atomic mass is 32.2. The number of benzene rings is 1. The zero-order valence-corrected chi connectivity index (χ0v) is 19.1. The number of amides is 2. The van der Waals surface area contributed by atoms with Gasteiger partial charge in [0, 0.05) is 30.3 Å². The molecular formula is C23H27N5O3S. The summed E-state index contributed by atoms with van der Waals surface area (Å²) in [7, 11) is 0. The lowest BCUT2D eigenvalue weighted by Gasteiger charge is -2.18. The SMILES string of the molecule is CCN(CC)C(=O)c1ccc(NC(=O)CSc2nnc(C3CC3)n2Cc2ccco2)cc1. The molecule has 0 bridgehead atoms. The van der Waals surface area contributed by atoms with E-state index in [0.29, 0.717) is 42.0 Å². The van der Waals surface area contributed by atoms with Crippen LogP contribution < -0.4 is 5.32 Å². The van der Waals surface area contributed by atoms with Crippen molar-refractivity contribution in [2.24, 2.45) is 0 Å². The minimum atomic E-state index is -0.140. The Labute approximate surface area is 191 Å². The van der Waals surface area contributed by atoms with Gasteiger partial charge in [-0.25, -0.2) is 0 Å². The molecule has 0 saturated heterocycles. The fraction of sp³-hybridized carbons (Fsp3) is 0.391. The summed E-state index contributed by atoms with van der Waals surface area (Å²) in [5.74, 6) is 2.29. The third kappa shape index (κ3) is 5.21. The van der Waals surface area contributed by atoms with Crippen LogP contribution in [-0.4, -0.2) is 50.3 Å². The Bertz CT molecular complexity index is 1050. The van der Waals surface area contributed by atoms with E-state index in [2.05, 4.69) is 15.5 Å². The number of aromatic nitrogens is 3. The van der Waals surface area contributed by atoms with E-state index in [1.165, 1.54) is 11.8 Å². The number of furan rings is 1. The lowest BCUT2D eigenvalue weighted by Crippen LogP contribution is -2.30. The van der Waals surface area contributed by atoms with Gasteiger partial charge in [-0.05, 0) is 63.1 Å². The number of carbonyl (C=O) groups is 2. The second kappa shape index (κ2) is 10.0. The lowest BCUT2D eigenvalue weighted by molar-refractivity contribution is -0.113. The molecule has 168 valence electrons. The largest absolute Gasteiger partial charge is 0.467 e. The van der Waals surface area contributed by atoms with E-state index in [1.807, 2.05) is 30.5 Å². The highest BCUT2D eigenvalue weighted by Gasteiger charge is 2.30. The fourth-order valence-electron chi connectivity index (χ4n) is 3.47. The third-order valence-electron chi connectivity index (χ3n) is 5.38. The van der Waals surface area contributed by atoms with Crippen molar-refractivity contribution in [2.75, 3.05) is 24.2 Å². The minimum absolute atomic E-state index is 0.00853. The predicted molar refractivity (Wildman–Crippen MR) is 123 cm³/mol. The van der Waals surface area contributed by atoms with E-state index < -0.39 is 0 Å². The van der Waals surface area contributed by atoms with Crippen LogP contribution in [0.15, 0.2) is 52.2 Å². The van der Waals surface area contributed by atoms with Crippen molar-refractivity contribution >= 4 is 29.3 Å². The van der Waals surface area contributed by atoms with Crippen LogP contribution >= 0.6 is 11.8 Å². The van der Waals surface area contributed by atoms with Crippen molar-refractivity contribution in [3.63, 3.8) is 0 Å². The normalized spacial score (nSPS) is 13.2. The standard InChI is InChI=1S/C23H27N5O3S/c1-3-27(4-2)22(30)17-9-11-18(12-10-17)24-20(29)15-32-23-26-25-21(16-7-8-16)28(23)14-19-6-5-13-31-19/h5-6,9-13,16H,3-4,7-8,14-15H2,1-2H3,(H,24,29). The monoisotopic (exact) mass is 453 g/mol. The molecule has 4 rings (SSSR count). The molecule has 32 heavy (non-hydrogen) atoms. The molecule has 8 nitrogen and oxygen atoms in total. The number of anilines is 1. The maximum absolute atomic E-state index is 12.5. The number of carbonyl (C=O) groups excluding carboxylic acids is 2. The molecule has 1 aliphatic carbocycles. The molecule has 0 unspecified atom stereocenters. The Morgan fingerprint density at radius 2 is 1.91 bits per heavy atom. The van der Waals surface area contributed by atoms with Crippen molar-refractivity contribution in [1.29, 1.82) is 0 Å². The van der Waals surface area contributed by atoms with Crippen LogP contribution in [0.2, 0.25) is 0 Å². The van der Waals surface area contributed by atoms with Gasteiger partial charge in [0.2, 0.25) is 5.91 Å². The van der Waals surface area contributed by atoms with Crippen molar-refractivity contribution in [3.8, 4) is 0 Å². The Balaban J connectivity index is 1.36. The number of nitrogens with one attached hydrogen (secondary N) is 1. The number of hydrogen-bond donors (Lipinski definition) is 1. The zero-order chi connectivity index (χ0) is 22.5. The Hall–Kier alpha value is -3.07. The van der Waals surface area contributed by atoms with Gasteiger partial charge in [-0.3, -0.25) is 14.2 Å². The first kappa shape index (κ1) is 22.1. The van der Waals surface area contributed by atoms with Gasteiger partial charge in [-0.15, -0.1) is 10.2 Å². The fourth-order valence-corrected chi connectivity index (χ4v) is 4.22. The maximum atomic E-state index is 12.5. The van der Waals surface area contributed by atoms with E-state index in [9.17, 15) is 9.59 Å². The van der Waals surface area contributed by atoms with Crippen molar-refractivity contribution in [3.05, 3.63) is 59.8 Å². The molecule has 2 heterocycles. The van der Waals surface area contributed by atoms with Crippen molar-refractivity contribution < 1.29 is 14.0 Å². The third-order valence-corrected chi connectivity index (χ3v) is 6.35. The van der Waals surface area contributed by atoms with Crippen molar-refractivity contribution in [2.45, 2.75) is 44.3 Å². The van der Waals surface area contributed by atoms with E-state index in [4.69, 9.17) is 4.42 Å². The molecule has 0 aliphatic heterocycles. The molecule has 2 aromatic heterocycles. The average molecular weight is 454 g/mol. The molecule has 1 N–H and O–H groups in total. The maximum Gasteiger partial charge on any atom is 0.253 e. The summed E-state index contributed by atoms with van der Waals surface area (Å²) in [4.78, 5) is 26.7. The van der Waals surface area contributed by atoms with Gasteiger partial charge >= 0.3 is 0 Å². The summed E-state index contributed by atoms with van der Waals surface area (Å²) in [5.41, 5.74) is 1.27. The Morgan fingerprint density at radius 1 is 1.16 bits per heavy atom. The van der Waals surface area contributed by atoms with E-state index in [0.717, 1.165) is 24.4 Å². The highest BCUT2D eigenvalue weighted by molar-refractivity contribution is 7.99. The van der Waals surface area contributed by atoms with Crippen LogP contribution in [0, 0.1) is 0 Å². The Morgan fingerprint density at radius 3 is 2.53 bits per heavy atom. The van der Waals surface area contributed by atoms with Crippen LogP contribution in [0.3, 0.4) is 0 Å². The molecule has 1 aliphatic rings. The molecule has 0 radical (unpaired) electrons. The highest BCUT2D eigenvalue weighted by Crippen LogP contribution is 2.40. The molecule has 1 fully saturated rings. The zero-order valence-electron chi connectivity index (χ0n) is 18.3. The minimum Gasteiger partial charge on any atom is -0.467 e. The van der Waals surface area contributed by atoms with Crippen LogP contribution in [0.25, 0.3) is 0 Å². The van der Waals surface area contributed by atoms with Gasteiger partial charge in [0.15, 0.2) is 5.16 Å². The number of thioether (sulfide) groups is 1. The van der Waals surface area contributed by atoms with Crippen LogP contribution in [0.1, 0.15) is 54.5 Å². The molecule has 0 spiro atoms. The van der Waals surface area contributed by atoms with Gasteiger partial charge in [0.1, 0.15) is 11.6 Å². The molecule has 9 heteroatoms. The summed E-state index contributed by atoms with van der Waals surface area (Å²) in [5, 5.41) is 12.3. The summed E-state index contributed by atoms with van der Waals surface area (Å²) >= 11 is 1.36. The van der Waals surface area contributed by atoms with E-state index in [-0.39, 0.29) is 17.6 Å². The molecular weight excluding hydrogens is 426 g/mol. The van der Waals surface area contributed by atoms with Gasteiger partial charge in [0.25, 0.3) is 5.91 Å². The topological polar surface area (TPSA) is 93.3 Å². The number of rotatable bonds is 10. The number of hydrogen-bond acceptors (Lipinski definition) is 6. The van der Waals surface area contributed by atoms with Gasteiger partial charge in [-0.2, -0.15) is 0 Å². The van der Waals surface area contributed by atoms with Gasteiger partial charge in [-0.1, -0.05) is 11.8 Å². The summed E-state index contributed by atoms with van der Waals surface area (Å²) in [6.45, 7) is 5.79. The molecule has 1 aromatic carbocycles. The second-order valence-electron chi connectivity index (χ2n) is 7.67. The first-order chi connectivity index (χ1) is 15.6. The molecule has 1 saturated carbocycles. The first-order valence-electron chi connectivity index (χ1n) is 10.9. The van der Waals surface area contributed by atoms with Crippen LogP contribution in [0.5, 0.6) is 0 Å².